The van der Waals surface area contributed by atoms with E-state index in [1.165, 1.54) is 0 Å². The van der Waals surface area contributed by atoms with Crippen molar-refractivity contribution >= 4 is 40.5 Å². The molecule has 0 aliphatic carbocycles. The van der Waals surface area contributed by atoms with E-state index in [1.54, 1.807) is 0 Å². The molecule has 4 nitrogen and oxygen atoms in total. The molecule has 2 aromatic rings. The van der Waals surface area contributed by atoms with Crippen LogP contribution in [-0.2, 0) is 11.3 Å². The fourth-order valence-corrected chi connectivity index (χ4v) is 3.64. The number of halogens is 2. The van der Waals surface area contributed by atoms with Crippen molar-refractivity contribution in [2.75, 3.05) is 36.4 Å². The van der Waals surface area contributed by atoms with Crippen molar-refractivity contribution in [2.24, 2.45) is 5.92 Å². The fourth-order valence-electron chi connectivity index (χ4n) is 3.14. The molecule has 1 N–H and O–H groups in total. The first-order valence-corrected chi connectivity index (χ1v) is 10.0. The monoisotopic (exact) mass is 405 g/mol. The second-order valence-corrected chi connectivity index (χ2v) is 7.98. The number of anilines is 2. The van der Waals surface area contributed by atoms with Crippen molar-refractivity contribution in [1.29, 1.82) is 0 Å². The Kier molecular flexibility index (Phi) is 6.64. The Morgan fingerprint density at radius 3 is 2.37 bits per heavy atom. The Bertz CT molecular complexity index is 802. The summed E-state index contributed by atoms with van der Waals surface area (Å²) in [7, 11) is 0. The molecule has 1 heterocycles. The van der Waals surface area contributed by atoms with Crippen LogP contribution in [0.3, 0.4) is 0 Å². The third kappa shape index (κ3) is 5.16. The van der Waals surface area contributed by atoms with E-state index < -0.39 is 0 Å². The van der Waals surface area contributed by atoms with E-state index in [1.807, 2.05) is 50.2 Å². The second-order valence-electron chi connectivity index (χ2n) is 7.16. The Hall–Kier alpha value is -1.75. The summed E-state index contributed by atoms with van der Waals surface area (Å²) in [5.74, 6) is -0.0679. The van der Waals surface area contributed by atoms with Gasteiger partial charge in [0.25, 0.3) is 0 Å². The van der Waals surface area contributed by atoms with Crippen molar-refractivity contribution < 1.29 is 4.79 Å². The van der Waals surface area contributed by atoms with Crippen molar-refractivity contribution in [1.82, 2.24) is 4.90 Å². The van der Waals surface area contributed by atoms with Crippen LogP contribution in [0.4, 0.5) is 11.4 Å². The molecule has 1 saturated heterocycles. The minimum atomic E-state index is -0.0605. The quantitative estimate of drug-likeness (QED) is 0.767. The molecule has 0 atom stereocenters. The molecule has 0 aromatic heterocycles. The summed E-state index contributed by atoms with van der Waals surface area (Å²) in [5, 5.41) is 4.37. The molecular formula is C21H25Cl2N3O. The second kappa shape index (κ2) is 8.96. The lowest BCUT2D eigenvalue weighted by Gasteiger charge is -2.36. The molecule has 144 valence electrons. The average molecular weight is 406 g/mol. The third-order valence-corrected chi connectivity index (χ3v) is 5.48. The minimum absolute atomic E-state index is 0.00740. The Balaban J connectivity index is 1.59. The molecular weight excluding hydrogens is 381 g/mol. The maximum Gasteiger partial charge on any atom is 0.226 e. The number of nitrogens with zero attached hydrogens (tertiary/aromatic N) is 2. The van der Waals surface area contributed by atoms with E-state index in [0.717, 1.165) is 54.7 Å². The van der Waals surface area contributed by atoms with E-state index >= 15 is 0 Å². The van der Waals surface area contributed by atoms with Crippen molar-refractivity contribution in [3.63, 3.8) is 0 Å². The summed E-state index contributed by atoms with van der Waals surface area (Å²) < 4.78 is 0. The van der Waals surface area contributed by atoms with Gasteiger partial charge in [-0.3, -0.25) is 9.69 Å². The smallest absolute Gasteiger partial charge is 0.226 e. The largest absolute Gasteiger partial charge is 0.368 e. The SMILES string of the molecule is CC(C)C(=O)Nc1ccc(N2CCN(Cc3ccccc3Cl)CC2)c(Cl)c1. The van der Waals surface area contributed by atoms with Crippen LogP contribution in [0.5, 0.6) is 0 Å². The van der Waals surface area contributed by atoms with Crippen LogP contribution in [0, 0.1) is 5.92 Å². The highest BCUT2D eigenvalue weighted by molar-refractivity contribution is 6.33. The topological polar surface area (TPSA) is 35.6 Å². The van der Waals surface area contributed by atoms with Gasteiger partial charge in [-0.05, 0) is 29.8 Å². The van der Waals surface area contributed by atoms with Gasteiger partial charge < -0.3 is 10.2 Å². The Morgan fingerprint density at radius 1 is 1.04 bits per heavy atom. The van der Waals surface area contributed by atoms with Crippen LogP contribution >= 0.6 is 23.2 Å². The molecule has 3 rings (SSSR count). The van der Waals surface area contributed by atoms with Crippen LogP contribution in [0.2, 0.25) is 10.0 Å². The number of piperazine rings is 1. The lowest BCUT2D eigenvalue weighted by molar-refractivity contribution is -0.118. The molecule has 1 aliphatic heterocycles. The van der Waals surface area contributed by atoms with Gasteiger partial charge in [0.15, 0.2) is 0 Å². The van der Waals surface area contributed by atoms with Gasteiger partial charge in [-0.15, -0.1) is 0 Å². The highest BCUT2D eigenvalue weighted by Gasteiger charge is 2.20. The number of carbonyl (C=O) groups excluding carboxylic acids is 1. The van der Waals surface area contributed by atoms with Gasteiger partial charge in [0.05, 0.1) is 10.7 Å². The Morgan fingerprint density at radius 2 is 1.74 bits per heavy atom. The number of benzene rings is 2. The summed E-state index contributed by atoms with van der Waals surface area (Å²) in [5.41, 5.74) is 2.91. The van der Waals surface area contributed by atoms with Crippen molar-refractivity contribution in [2.45, 2.75) is 20.4 Å². The number of carbonyl (C=O) groups is 1. The Labute approximate surface area is 171 Å². The van der Waals surface area contributed by atoms with Gasteiger partial charge in [-0.1, -0.05) is 55.2 Å². The first-order chi connectivity index (χ1) is 12.9. The van der Waals surface area contributed by atoms with E-state index in [4.69, 9.17) is 23.2 Å². The van der Waals surface area contributed by atoms with Gasteiger partial charge in [0, 0.05) is 49.4 Å². The summed E-state index contributed by atoms with van der Waals surface area (Å²) in [6.45, 7) is 8.31. The van der Waals surface area contributed by atoms with E-state index in [0.29, 0.717) is 5.02 Å². The zero-order valence-corrected chi connectivity index (χ0v) is 17.2. The van der Waals surface area contributed by atoms with Crippen LogP contribution in [0.25, 0.3) is 0 Å². The minimum Gasteiger partial charge on any atom is -0.368 e. The molecule has 0 saturated carbocycles. The van der Waals surface area contributed by atoms with Gasteiger partial charge in [0.1, 0.15) is 0 Å². The maximum atomic E-state index is 11.8. The summed E-state index contributed by atoms with van der Waals surface area (Å²) in [6, 6.07) is 13.7. The van der Waals surface area contributed by atoms with Gasteiger partial charge >= 0.3 is 0 Å². The zero-order valence-electron chi connectivity index (χ0n) is 15.7. The molecule has 27 heavy (non-hydrogen) atoms. The molecule has 0 spiro atoms. The first-order valence-electron chi connectivity index (χ1n) is 9.25. The molecule has 6 heteroatoms. The normalized spacial score (nSPS) is 15.2. The highest BCUT2D eigenvalue weighted by Crippen LogP contribution is 2.30. The molecule has 0 radical (unpaired) electrons. The van der Waals surface area contributed by atoms with Crippen molar-refractivity contribution in [3.8, 4) is 0 Å². The summed E-state index contributed by atoms with van der Waals surface area (Å²) in [6.07, 6.45) is 0. The predicted octanol–water partition coefficient (Wildman–Crippen LogP) is 4.91. The molecule has 1 amide bonds. The molecule has 1 aliphatic rings. The summed E-state index contributed by atoms with van der Waals surface area (Å²) >= 11 is 12.8. The van der Waals surface area contributed by atoms with E-state index in [2.05, 4.69) is 21.2 Å². The molecule has 2 aromatic carbocycles. The zero-order chi connectivity index (χ0) is 19.4. The molecule has 1 fully saturated rings. The van der Waals surface area contributed by atoms with Gasteiger partial charge in [-0.25, -0.2) is 0 Å². The third-order valence-electron chi connectivity index (χ3n) is 4.80. The fraction of sp³-hybridized carbons (Fsp3) is 0.381. The highest BCUT2D eigenvalue weighted by atomic mass is 35.5. The van der Waals surface area contributed by atoms with Gasteiger partial charge in [-0.2, -0.15) is 0 Å². The van der Waals surface area contributed by atoms with Crippen molar-refractivity contribution in [3.05, 3.63) is 58.1 Å². The number of rotatable bonds is 5. The number of amides is 1. The number of hydrogen-bond acceptors (Lipinski definition) is 3. The average Bonchev–Trinajstić information content (AvgIpc) is 2.64. The van der Waals surface area contributed by atoms with Crippen LogP contribution in [0.15, 0.2) is 42.5 Å². The summed E-state index contributed by atoms with van der Waals surface area (Å²) in [4.78, 5) is 16.5. The van der Waals surface area contributed by atoms with E-state index in [9.17, 15) is 4.79 Å². The molecule has 0 unspecified atom stereocenters. The molecule has 0 bridgehead atoms. The number of nitrogens with one attached hydrogen (secondary N) is 1. The van der Waals surface area contributed by atoms with Crippen LogP contribution < -0.4 is 10.2 Å². The van der Waals surface area contributed by atoms with Crippen LogP contribution in [-0.4, -0.2) is 37.0 Å². The van der Waals surface area contributed by atoms with Crippen LogP contribution in [0.1, 0.15) is 19.4 Å². The lowest BCUT2D eigenvalue weighted by atomic mass is 10.1. The number of hydrogen-bond donors (Lipinski definition) is 1. The van der Waals surface area contributed by atoms with E-state index in [-0.39, 0.29) is 11.8 Å². The first kappa shape index (κ1) is 20.0. The maximum absolute atomic E-state index is 11.8. The standard InChI is InChI=1S/C21H25Cl2N3O/c1-15(2)21(27)24-17-7-8-20(19(23)13-17)26-11-9-25(10-12-26)14-16-5-3-4-6-18(16)22/h3-8,13,15H,9-12,14H2,1-2H3,(H,24,27). The van der Waals surface area contributed by atoms with Gasteiger partial charge in [0.2, 0.25) is 5.91 Å². The predicted molar refractivity (Wildman–Crippen MR) is 114 cm³/mol. The lowest BCUT2D eigenvalue weighted by Crippen LogP contribution is -2.46.